The van der Waals surface area contributed by atoms with E-state index in [4.69, 9.17) is 21.1 Å². The van der Waals surface area contributed by atoms with Gasteiger partial charge in [-0.05, 0) is 38.5 Å². The molecule has 22 heavy (non-hydrogen) atoms. The molecule has 7 heteroatoms. The summed E-state index contributed by atoms with van der Waals surface area (Å²) in [5.41, 5.74) is 0.966. The van der Waals surface area contributed by atoms with E-state index in [0.717, 1.165) is 11.5 Å². The number of guanidine groups is 1. The lowest BCUT2D eigenvalue weighted by Gasteiger charge is -2.24. The lowest BCUT2D eigenvalue weighted by molar-refractivity contribution is 0.171. The maximum Gasteiger partial charge on any atom is 0.191 e. The first kappa shape index (κ1) is 19.2. The molecular formula is C15H23ClIN3O2. The average molecular weight is 440 g/mol. The summed E-state index contributed by atoms with van der Waals surface area (Å²) in [6, 6.07) is 3.82. The number of benzene rings is 1. The highest BCUT2D eigenvalue weighted by atomic mass is 127. The minimum Gasteiger partial charge on any atom is -0.486 e. The zero-order valence-corrected chi connectivity index (χ0v) is 16.4. The number of hydrogen-bond acceptors (Lipinski definition) is 3. The van der Waals surface area contributed by atoms with Crippen molar-refractivity contribution in [2.75, 3.05) is 20.3 Å². The van der Waals surface area contributed by atoms with Gasteiger partial charge in [0.05, 0.1) is 5.02 Å². The molecular weight excluding hydrogens is 417 g/mol. The summed E-state index contributed by atoms with van der Waals surface area (Å²) in [4.78, 5) is 4.20. The molecule has 0 unspecified atom stereocenters. The third-order valence-corrected chi connectivity index (χ3v) is 3.11. The minimum atomic E-state index is -0.0493. The van der Waals surface area contributed by atoms with E-state index in [-0.39, 0.29) is 29.5 Å². The number of hydrogen-bond donors (Lipinski definition) is 2. The predicted molar refractivity (Wildman–Crippen MR) is 101 cm³/mol. The number of rotatable bonds is 2. The Bertz CT molecular complexity index is 544. The van der Waals surface area contributed by atoms with E-state index in [9.17, 15) is 0 Å². The molecule has 1 aliphatic rings. The fraction of sp³-hybridized carbons (Fsp3) is 0.533. The van der Waals surface area contributed by atoms with Crippen LogP contribution in [0.25, 0.3) is 0 Å². The number of fused-ring (bicyclic) bond motifs is 1. The second kappa shape index (κ2) is 8.10. The number of halogens is 2. The van der Waals surface area contributed by atoms with Gasteiger partial charge >= 0.3 is 0 Å². The van der Waals surface area contributed by atoms with E-state index >= 15 is 0 Å². The molecule has 1 aromatic carbocycles. The van der Waals surface area contributed by atoms with Gasteiger partial charge in [-0.1, -0.05) is 11.6 Å². The predicted octanol–water partition coefficient (Wildman–Crippen LogP) is 3.19. The molecule has 2 N–H and O–H groups in total. The van der Waals surface area contributed by atoms with E-state index in [0.29, 0.717) is 36.3 Å². The zero-order valence-electron chi connectivity index (χ0n) is 13.3. The monoisotopic (exact) mass is 439 g/mol. The van der Waals surface area contributed by atoms with E-state index in [1.165, 1.54) is 0 Å². The smallest absolute Gasteiger partial charge is 0.191 e. The van der Waals surface area contributed by atoms with Crippen LogP contribution >= 0.6 is 35.6 Å². The molecule has 0 spiro atoms. The van der Waals surface area contributed by atoms with Crippen LogP contribution in [0.5, 0.6) is 11.5 Å². The number of ether oxygens (including phenoxy) is 2. The molecule has 1 heterocycles. The third-order valence-electron chi connectivity index (χ3n) is 2.83. The lowest BCUT2D eigenvalue weighted by atomic mass is 10.1. The molecule has 0 saturated carbocycles. The maximum absolute atomic E-state index is 6.22. The van der Waals surface area contributed by atoms with Gasteiger partial charge in [0.1, 0.15) is 13.2 Å². The van der Waals surface area contributed by atoms with Gasteiger partial charge in [-0.25, -0.2) is 0 Å². The highest BCUT2D eigenvalue weighted by molar-refractivity contribution is 14.0. The average Bonchev–Trinajstić information content (AvgIpc) is 2.42. The van der Waals surface area contributed by atoms with Crippen LogP contribution in [0.1, 0.15) is 26.3 Å². The van der Waals surface area contributed by atoms with Crippen LogP contribution in [0.15, 0.2) is 17.1 Å². The third kappa shape index (κ3) is 5.39. The SMILES string of the molecule is CN=C(NCc1cc(Cl)c2c(c1)OCCO2)NC(C)(C)C.I. The summed E-state index contributed by atoms with van der Waals surface area (Å²) in [7, 11) is 1.75. The molecule has 0 atom stereocenters. The highest BCUT2D eigenvalue weighted by Crippen LogP contribution is 2.38. The first-order valence-electron chi connectivity index (χ1n) is 6.96. The zero-order chi connectivity index (χ0) is 15.5. The standard InChI is InChI=1S/C15H22ClN3O2.HI/c1-15(2,3)19-14(17-4)18-9-10-7-11(16)13-12(8-10)20-5-6-21-13;/h7-8H,5-6,9H2,1-4H3,(H2,17,18,19);1H. The number of nitrogens with zero attached hydrogens (tertiary/aromatic N) is 1. The van der Waals surface area contributed by atoms with Crippen molar-refractivity contribution < 1.29 is 9.47 Å². The van der Waals surface area contributed by atoms with Crippen molar-refractivity contribution in [3.8, 4) is 11.5 Å². The summed E-state index contributed by atoms with van der Waals surface area (Å²) in [5.74, 6) is 2.07. The Kier molecular flexibility index (Phi) is 7.05. The fourth-order valence-corrected chi connectivity index (χ4v) is 2.27. The van der Waals surface area contributed by atoms with E-state index in [1.807, 2.05) is 12.1 Å². The minimum absolute atomic E-state index is 0. The molecule has 124 valence electrons. The van der Waals surface area contributed by atoms with Gasteiger partial charge < -0.3 is 20.1 Å². The number of aliphatic imine (C=N–C) groups is 1. The molecule has 0 aliphatic carbocycles. The van der Waals surface area contributed by atoms with E-state index in [2.05, 4.69) is 36.4 Å². The summed E-state index contributed by atoms with van der Waals surface area (Å²) in [6.45, 7) is 7.94. The van der Waals surface area contributed by atoms with Crippen molar-refractivity contribution in [3.05, 3.63) is 22.7 Å². The summed E-state index contributed by atoms with van der Waals surface area (Å²) in [5, 5.41) is 7.14. The quantitative estimate of drug-likeness (QED) is 0.422. The molecule has 0 bridgehead atoms. The van der Waals surface area contributed by atoms with Gasteiger partial charge in [0, 0.05) is 19.1 Å². The highest BCUT2D eigenvalue weighted by Gasteiger charge is 2.17. The fourth-order valence-electron chi connectivity index (χ4n) is 1.99. The van der Waals surface area contributed by atoms with E-state index in [1.54, 1.807) is 7.05 Å². The normalized spacial score (nSPS) is 14.1. The Balaban J connectivity index is 0.00000242. The van der Waals surface area contributed by atoms with Crippen molar-refractivity contribution in [2.24, 2.45) is 4.99 Å². The molecule has 0 fully saturated rings. The van der Waals surface area contributed by atoms with Crippen LogP contribution in [0.3, 0.4) is 0 Å². The van der Waals surface area contributed by atoms with Crippen LogP contribution in [-0.4, -0.2) is 31.8 Å². The van der Waals surface area contributed by atoms with Gasteiger partial charge in [-0.15, -0.1) is 24.0 Å². The van der Waals surface area contributed by atoms with Crippen LogP contribution in [0.4, 0.5) is 0 Å². The van der Waals surface area contributed by atoms with Crippen molar-refractivity contribution in [2.45, 2.75) is 32.9 Å². The lowest BCUT2D eigenvalue weighted by Crippen LogP contribution is -2.47. The van der Waals surface area contributed by atoms with Crippen LogP contribution < -0.4 is 20.1 Å². The summed E-state index contributed by atoms with van der Waals surface area (Å²) < 4.78 is 11.1. The summed E-state index contributed by atoms with van der Waals surface area (Å²) >= 11 is 6.22. The van der Waals surface area contributed by atoms with Crippen LogP contribution in [0, 0.1) is 0 Å². The largest absolute Gasteiger partial charge is 0.486 e. The van der Waals surface area contributed by atoms with Crippen molar-refractivity contribution in [1.29, 1.82) is 0 Å². The molecule has 0 radical (unpaired) electrons. The Morgan fingerprint density at radius 2 is 1.95 bits per heavy atom. The maximum atomic E-state index is 6.22. The van der Waals surface area contributed by atoms with Crippen molar-refractivity contribution in [1.82, 2.24) is 10.6 Å². The summed E-state index contributed by atoms with van der Waals surface area (Å²) in [6.07, 6.45) is 0. The molecule has 1 aromatic rings. The second-order valence-corrected chi connectivity index (χ2v) is 6.31. The van der Waals surface area contributed by atoms with Gasteiger partial charge in [0.25, 0.3) is 0 Å². The van der Waals surface area contributed by atoms with Gasteiger partial charge in [0.15, 0.2) is 17.5 Å². The van der Waals surface area contributed by atoms with Gasteiger partial charge in [-0.3, -0.25) is 4.99 Å². The van der Waals surface area contributed by atoms with Crippen LogP contribution in [0.2, 0.25) is 5.02 Å². The second-order valence-electron chi connectivity index (χ2n) is 5.90. The Morgan fingerprint density at radius 1 is 1.27 bits per heavy atom. The van der Waals surface area contributed by atoms with Crippen LogP contribution in [-0.2, 0) is 6.54 Å². The van der Waals surface area contributed by atoms with E-state index < -0.39 is 0 Å². The molecule has 0 saturated heterocycles. The molecule has 0 aromatic heterocycles. The molecule has 1 aliphatic heterocycles. The number of nitrogens with one attached hydrogen (secondary N) is 2. The Labute approximate surface area is 153 Å². The molecule has 0 amide bonds. The topological polar surface area (TPSA) is 54.9 Å². The van der Waals surface area contributed by atoms with Gasteiger partial charge in [0.2, 0.25) is 0 Å². The molecule has 5 nitrogen and oxygen atoms in total. The Hall–Kier alpha value is -0.890. The first-order chi connectivity index (χ1) is 9.89. The van der Waals surface area contributed by atoms with Gasteiger partial charge in [-0.2, -0.15) is 0 Å². The molecule has 2 rings (SSSR count). The van der Waals surface area contributed by atoms with Crippen molar-refractivity contribution in [3.63, 3.8) is 0 Å². The van der Waals surface area contributed by atoms with Crippen molar-refractivity contribution >= 4 is 41.5 Å². The first-order valence-corrected chi connectivity index (χ1v) is 7.34. The Morgan fingerprint density at radius 3 is 2.59 bits per heavy atom.